The molecular formula is C15H22OSi2. The van der Waals surface area contributed by atoms with Crippen LogP contribution in [-0.2, 0) is 0 Å². The number of carbonyl (C=O) groups excluding carboxylic acids is 1. The van der Waals surface area contributed by atoms with Crippen molar-refractivity contribution in [2.45, 2.75) is 50.6 Å². The van der Waals surface area contributed by atoms with Crippen LogP contribution in [0.1, 0.15) is 30.1 Å². The van der Waals surface area contributed by atoms with Crippen LogP contribution in [0.2, 0.25) is 30.8 Å². The Balaban J connectivity index is 2.26. The summed E-state index contributed by atoms with van der Waals surface area (Å²) in [6.07, 6.45) is 2.88. The van der Waals surface area contributed by atoms with E-state index in [0.29, 0.717) is 4.66 Å². The minimum absolute atomic E-state index is 0.207. The largest absolute Gasteiger partial charge is 0.295 e. The molecule has 1 spiro atoms. The molecule has 1 aliphatic carbocycles. The Kier molecular flexibility index (Phi) is 2.23. The predicted molar refractivity (Wildman–Crippen MR) is 82.6 cm³/mol. The Bertz CT molecular complexity index is 554. The van der Waals surface area contributed by atoms with E-state index in [1.807, 2.05) is 0 Å². The first kappa shape index (κ1) is 12.4. The molecule has 0 aromatic heterocycles. The molecule has 0 N–H and O–H groups in total. The van der Waals surface area contributed by atoms with E-state index in [1.54, 1.807) is 17.3 Å². The first-order chi connectivity index (χ1) is 8.24. The first-order valence-electron chi connectivity index (χ1n) is 6.90. The highest BCUT2D eigenvalue weighted by Gasteiger charge is 2.70. The van der Waals surface area contributed by atoms with Gasteiger partial charge in [0.1, 0.15) is 0 Å². The van der Waals surface area contributed by atoms with Crippen molar-refractivity contribution in [1.29, 1.82) is 0 Å². The van der Waals surface area contributed by atoms with E-state index < -0.39 is 16.1 Å². The van der Waals surface area contributed by atoms with Crippen molar-refractivity contribution in [3.8, 4) is 0 Å². The fourth-order valence-corrected chi connectivity index (χ4v) is 19.7. The fourth-order valence-electron chi connectivity index (χ4n) is 4.50. The van der Waals surface area contributed by atoms with Gasteiger partial charge in [0.15, 0.2) is 5.78 Å². The standard InChI is InChI=1S/C15H22OSi2/c1-11(16)12-6-7-13-14(10-12)18(4,5)15(8-9-15)17(13,2)3/h6-7,10H,8-9H2,1-5H3. The summed E-state index contributed by atoms with van der Waals surface area (Å²) >= 11 is 0. The van der Waals surface area contributed by atoms with Crippen molar-refractivity contribution in [2.75, 3.05) is 0 Å². The van der Waals surface area contributed by atoms with Crippen LogP contribution in [0.15, 0.2) is 18.2 Å². The van der Waals surface area contributed by atoms with Crippen LogP contribution < -0.4 is 10.4 Å². The van der Waals surface area contributed by atoms with Gasteiger partial charge in [0.25, 0.3) is 0 Å². The number of carbonyl (C=O) groups is 1. The summed E-state index contributed by atoms with van der Waals surface area (Å²) in [7, 11) is -2.70. The lowest BCUT2D eigenvalue weighted by Crippen LogP contribution is -2.47. The van der Waals surface area contributed by atoms with E-state index in [1.165, 1.54) is 12.8 Å². The topological polar surface area (TPSA) is 17.1 Å². The maximum absolute atomic E-state index is 11.6. The molecule has 0 bridgehead atoms. The zero-order chi connectivity index (χ0) is 13.3. The van der Waals surface area contributed by atoms with Crippen molar-refractivity contribution in [1.82, 2.24) is 0 Å². The third kappa shape index (κ3) is 1.19. The molecule has 96 valence electrons. The van der Waals surface area contributed by atoms with Gasteiger partial charge in [0.2, 0.25) is 0 Å². The minimum Gasteiger partial charge on any atom is -0.295 e. The lowest BCUT2D eigenvalue weighted by atomic mass is 10.1. The van der Waals surface area contributed by atoms with E-state index >= 15 is 0 Å². The van der Waals surface area contributed by atoms with Gasteiger partial charge < -0.3 is 0 Å². The summed E-state index contributed by atoms with van der Waals surface area (Å²) in [5.74, 6) is 0.207. The lowest BCUT2D eigenvalue weighted by molar-refractivity contribution is 0.101. The van der Waals surface area contributed by atoms with Gasteiger partial charge in [-0.3, -0.25) is 4.79 Å². The van der Waals surface area contributed by atoms with Gasteiger partial charge in [0, 0.05) is 5.56 Å². The number of benzene rings is 1. The molecular weight excluding hydrogens is 252 g/mol. The second-order valence-corrected chi connectivity index (χ2v) is 17.1. The monoisotopic (exact) mass is 274 g/mol. The Morgan fingerprint density at radius 3 is 2.11 bits per heavy atom. The molecule has 0 unspecified atom stereocenters. The first-order valence-corrected chi connectivity index (χ1v) is 12.9. The molecule has 3 rings (SSSR count). The Labute approximate surface area is 112 Å². The molecule has 18 heavy (non-hydrogen) atoms. The van der Waals surface area contributed by atoms with E-state index in [4.69, 9.17) is 0 Å². The van der Waals surface area contributed by atoms with Gasteiger partial charge in [-0.15, -0.1) is 0 Å². The van der Waals surface area contributed by atoms with Crippen LogP contribution in [-0.4, -0.2) is 21.9 Å². The van der Waals surface area contributed by atoms with Crippen molar-refractivity contribution in [3.05, 3.63) is 23.8 Å². The van der Waals surface area contributed by atoms with E-state index in [2.05, 4.69) is 44.4 Å². The SMILES string of the molecule is CC(=O)c1ccc2c(c1)[Si](C)(C)C1(CC1)[Si]2(C)C. The molecule has 1 saturated carbocycles. The van der Waals surface area contributed by atoms with Crippen LogP contribution in [0.5, 0.6) is 0 Å². The summed E-state index contributed by atoms with van der Waals surface area (Å²) in [5.41, 5.74) is 0.914. The zero-order valence-corrected chi connectivity index (χ0v) is 14.1. The lowest BCUT2D eigenvalue weighted by Gasteiger charge is -2.33. The van der Waals surface area contributed by atoms with Crippen LogP contribution in [0.3, 0.4) is 0 Å². The average molecular weight is 275 g/mol. The number of hydrogen-bond donors (Lipinski definition) is 0. The highest BCUT2D eigenvalue weighted by Crippen LogP contribution is 2.67. The Morgan fingerprint density at radius 1 is 1.06 bits per heavy atom. The molecule has 0 radical (unpaired) electrons. The molecule has 1 aromatic rings. The van der Waals surface area contributed by atoms with Gasteiger partial charge in [-0.05, 0) is 11.6 Å². The molecule has 1 aromatic carbocycles. The minimum atomic E-state index is -1.38. The van der Waals surface area contributed by atoms with Crippen molar-refractivity contribution in [3.63, 3.8) is 0 Å². The highest BCUT2D eigenvalue weighted by molar-refractivity contribution is 7.18. The normalized spacial score (nSPS) is 24.9. The van der Waals surface area contributed by atoms with Crippen molar-refractivity contribution < 1.29 is 4.79 Å². The van der Waals surface area contributed by atoms with Gasteiger partial charge in [-0.1, -0.05) is 67.6 Å². The number of rotatable bonds is 1. The van der Waals surface area contributed by atoms with E-state index in [-0.39, 0.29) is 5.78 Å². The number of hydrogen-bond acceptors (Lipinski definition) is 1. The summed E-state index contributed by atoms with van der Waals surface area (Å²) < 4.78 is 0.692. The quantitative estimate of drug-likeness (QED) is 0.568. The molecule has 0 saturated heterocycles. The van der Waals surface area contributed by atoms with Gasteiger partial charge in [-0.25, -0.2) is 0 Å². The number of fused-ring (bicyclic) bond motifs is 1. The Morgan fingerprint density at radius 2 is 1.61 bits per heavy atom. The second-order valence-electron chi connectivity index (χ2n) is 7.15. The number of Topliss-reactive ketones (excluding diaryl/α,β-unsaturated/α-hetero) is 1. The molecule has 1 heterocycles. The maximum Gasteiger partial charge on any atom is 0.159 e. The molecule has 1 fully saturated rings. The smallest absolute Gasteiger partial charge is 0.159 e. The van der Waals surface area contributed by atoms with Gasteiger partial charge >= 0.3 is 0 Å². The second kappa shape index (κ2) is 3.25. The molecule has 2 aliphatic rings. The predicted octanol–water partition coefficient (Wildman–Crippen LogP) is 2.81. The third-order valence-corrected chi connectivity index (χ3v) is 19.2. The van der Waals surface area contributed by atoms with Crippen LogP contribution in [0, 0.1) is 0 Å². The summed E-state index contributed by atoms with van der Waals surface area (Å²) in [5, 5.41) is 3.26. The zero-order valence-electron chi connectivity index (χ0n) is 12.1. The summed E-state index contributed by atoms with van der Waals surface area (Å²) in [4.78, 5) is 11.6. The van der Waals surface area contributed by atoms with Gasteiger partial charge in [-0.2, -0.15) is 0 Å². The van der Waals surface area contributed by atoms with Crippen LogP contribution >= 0.6 is 0 Å². The fraction of sp³-hybridized carbons (Fsp3) is 0.533. The summed E-state index contributed by atoms with van der Waals surface area (Å²) in [6, 6.07) is 6.59. The molecule has 1 aliphatic heterocycles. The maximum atomic E-state index is 11.6. The van der Waals surface area contributed by atoms with Crippen LogP contribution in [0.4, 0.5) is 0 Å². The highest BCUT2D eigenvalue weighted by atomic mass is 28.4. The molecule has 0 atom stereocenters. The third-order valence-electron chi connectivity index (χ3n) is 5.92. The molecule has 1 nitrogen and oxygen atoms in total. The average Bonchev–Trinajstić information content (AvgIpc) is 3.07. The van der Waals surface area contributed by atoms with Crippen LogP contribution in [0.25, 0.3) is 0 Å². The number of ketones is 1. The van der Waals surface area contributed by atoms with Crippen molar-refractivity contribution >= 4 is 32.3 Å². The van der Waals surface area contributed by atoms with E-state index in [0.717, 1.165) is 5.56 Å². The Hall–Kier alpha value is -0.676. The van der Waals surface area contributed by atoms with Gasteiger partial charge in [0.05, 0.1) is 16.1 Å². The molecule has 3 heteroatoms. The van der Waals surface area contributed by atoms with E-state index in [9.17, 15) is 4.79 Å². The summed E-state index contributed by atoms with van der Waals surface area (Å²) in [6.45, 7) is 11.8. The van der Waals surface area contributed by atoms with Crippen molar-refractivity contribution in [2.24, 2.45) is 0 Å². The molecule has 0 amide bonds.